The smallest absolute Gasteiger partial charge is 0.164 e. The highest BCUT2D eigenvalue weighted by Gasteiger charge is 2.18. The van der Waals surface area contributed by atoms with Gasteiger partial charge in [0, 0.05) is 47.6 Å². The zero-order valence-electron chi connectivity index (χ0n) is 26.7. The maximum absolute atomic E-state index is 6.48. The Bertz CT molecular complexity index is 2800. The fraction of sp³-hybridized carbons (Fsp3) is 0. The van der Waals surface area contributed by atoms with Crippen LogP contribution in [0.15, 0.2) is 168 Å². The Labute approximate surface area is 292 Å². The van der Waals surface area contributed by atoms with Gasteiger partial charge < -0.3 is 4.42 Å². The third-order valence-electron chi connectivity index (χ3n) is 9.33. The Morgan fingerprint density at radius 1 is 0.380 bits per heavy atom. The number of furan rings is 1. The average Bonchev–Trinajstić information content (AvgIpc) is 3.76. The van der Waals surface area contributed by atoms with Crippen LogP contribution in [0.2, 0.25) is 0 Å². The summed E-state index contributed by atoms with van der Waals surface area (Å²) in [4.78, 5) is 14.8. The largest absolute Gasteiger partial charge is 0.456 e. The van der Waals surface area contributed by atoms with Crippen molar-refractivity contribution in [3.05, 3.63) is 164 Å². The summed E-state index contributed by atoms with van der Waals surface area (Å²) in [5.41, 5.74) is 9.30. The van der Waals surface area contributed by atoms with E-state index in [1.807, 2.05) is 72.8 Å². The van der Waals surface area contributed by atoms with Crippen molar-refractivity contribution in [1.82, 2.24) is 15.0 Å². The Morgan fingerprint density at radius 2 is 0.980 bits per heavy atom. The molecule has 10 rings (SSSR count). The van der Waals surface area contributed by atoms with Crippen molar-refractivity contribution >= 4 is 53.4 Å². The lowest BCUT2D eigenvalue weighted by Gasteiger charge is -2.09. The first kappa shape index (κ1) is 28.6. The molecular formula is C45H27N3OS. The summed E-state index contributed by atoms with van der Waals surface area (Å²) in [5, 5.41) is 4.71. The summed E-state index contributed by atoms with van der Waals surface area (Å²) in [7, 11) is 0. The molecule has 0 aliphatic heterocycles. The molecular weight excluding hydrogens is 631 g/mol. The highest BCUT2D eigenvalue weighted by atomic mass is 32.1. The summed E-state index contributed by atoms with van der Waals surface area (Å²) in [6.07, 6.45) is 0. The van der Waals surface area contributed by atoms with Crippen LogP contribution in [0.25, 0.3) is 98.5 Å². The van der Waals surface area contributed by atoms with E-state index in [0.29, 0.717) is 17.5 Å². The number of thiophene rings is 1. The minimum atomic E-state index is 0.653. The van der Waals surface area contributed by atoms with Crippen LogP contribution >= 0.6 is 11.3 Å². The molecule has 0 fully saturated rings. The molecule has 0 saturated heterocycles. The number of para-hydroxylation sites is 1. The van der Waals surface area contributed by atoms with Gasteiger partial charge in [-0.1, -0.05) is 140 Å². The Hall–Kier alpha value is -6.43. The Kier molecular flexibility index (Phi) is 6.64. The van der Waals surface area contributed by atoms with Gasteiger partial charge in [0.25, 0.3) is 0 Å². The van der Waals surface area contributed by atoms with Crippen molar-refractivity contribution in [2.24, 2.45) is 0 Å². The monoisotopic (exact) mass is 657 g/mol. The molecule has 50 heavy (non-hydrogen) atoms. The van der Waals surface area contributed by atoms with Gasteiger partial charge in [-0.2, -0.15) is 0 Å². The highest BCUT2D eigenvalue weighted by Crippen LogP contribution is 2.45. The molecule has 3 aromatic heterocycles. The van der Waals surface area contributed by atoms with E-state index in [1.165, 1.54) is 36.9 Å². The van der Waals surface area contributed by atoms with Crippen molar-refractivity contribution < 1.29 is 4.42 Å². The first-order valence-electron chi connectivity index (χ1n) is 16.6. The maximum Gasteiger partial charge on any atom is 0.164 e. The van der Waals surface area contributed by atoms with Crippen LogP contribution in [0.1, 0.15) is 0 Å². The lowest BCUT2D eigenvalue weighted by molar-refractivity contribution is 0.669. The quantitative estimate of drug-likeness (QED) is 0.185. The van der Waals surface area contributed by atoms with E-state index < -0.39 is 0 Å². The van der Waals surface area contributed by atoms with Crippen LogP contribution in [0, 0.1) is 0 Å². The molecule has 10 aromatic rings. The van der Waals surface area contributed by atoms with Gasteiger partial charge in [0.15, 0.2) is 17.5 Å². The molecule has 0 atom stereocenters. The molecule has 0 unspecified atom stereocenters. The van der Waals surface area contributed by atoms with E-state index in [1.54, 1.807) is 11.3 Å². The van der Waals surface area contributed by atoms with Crippen molar-refractivity contribution in [3.8, 4) is 56.4 Å². The van der Waals surface area contributed by atoms with Gasteiger partial charge >= 0.3 is 0 Å². The Morgan fingerprint density at radius 3 is 1.68 bits per heavy atom. The third kappa shape index (κ3) is 4.79. The number of hydrogen-bond acceptors (Lipinski definition) is 5. The molecule has 234 valence electrons. The molecule has 0 aliphatic rings. The molecule has 0 radical (unpaired) electrons. The normalized spacial score (nSPS) is 11.6. The van der Waals surface area contributed by atoms with Crippen LogP contribution in [-0.2, 0) is 0 Å². The average molecular weight is 658 g/mol. The molecule has 0 spiro atoms. The molecule has 0 saturated carbocycles. The number of nitrogens with zero attached hydrogens (tertiary/aromatic N) is 3. The molecule has 0 N–H and O–H groups in total. The molecule has 5 heteroatoms. The van der Waals surface area contributed by atoms with Crippen molar-refractivity contribution in [1.29, 1.82) is 0 Å². The van der Waals surface area contributed by atoms with E-state index in [-0.39, 0.29) is 0 Å². The maximum atomic E-state index is 6.48. The molecule has 0 amide bonds. The Balaban J connectivity index is 1.15. The second-order valence-corrected chi connectivity index (χ2v) is 13.4. The zero-order chi connectivity index (χ0) is 33.0. The second kappa shape index (κ2) is 11.6. The van der Waals surface area contributed by atoms with Gasteiger partial charge in [-0.3, -0.25) is 0 Å². The summed E-state index contributed by atoms with van der Waals surface area (Å²) < 4.78 is 8.90. The number of aromatic nitrogens is 3. The van der Waals surface area contributed by atoms with E-state index in [2.05, 4.69) is 91.0 Å². The molecule has 0 aliphatic carbocycles. The first-order valence-corrected chi connectivity index (χ1v) is 17.4. The fourth-order valence-corrected chi connectivity index (χ4v) is 8.24. The lowest BCUT2D eigenvalue weighted by Crippen LogP contribution is -1.99. The van der Waals surface area contributed by atoms with Crippen molar-refractivity contribution in [2.45, 2.75) is 0 Å². The third-order valence-corrected chi connectivity index (χ3v) is 10.5. The summed E-state index contributed by atoms with van der Waals surface area (Å²) in [5.74, 6) is 1.96. The summed E-state index contributed by atoms with van der Waals surface area (Å²) in [6, 6.07) is 56.8. The van der Waals surface area contributed by atoms with Gasteiger partial charge in [0.1, 0.15) is 11.2 Å². The van der Waals surface area contributed by atoms with Crippen LogP contribution in [0.4, 0.5) is 0 Å². The highest BCUT2D eigenvalue weighted by molar-refractivity contribution is 7.26. The minimum absolute atomic E-state index is 0.653. The molecule has 0 bridgehead atoms. The van der Waals surface area contributed by atoms with Gasteiger partial charge in [-0.25, -0.2) is 15.0 Å². The van der Waals surface area contributed by atoms with Gasteiger partial charge in [-0.05, 0) is 46.5 Å². The van der Waals surface area contributed by atoms with Crippen molar-refractivity contribution in [3.63, 3.8) is 0 Å². The molecule has 4 nitrogen and oxygen atoms in total. The summed E-state index contributed by atoms with van der Waals surface area (Å²) >= 11 is 1.80. The zero-order valence-corrected chi connectivity index (χ0v) is 27.6. The predicted octanol–water partition coefficient (Wildman–Crippen LogP) is 12.5. The predicted molar refractivity (Wildman–Crippen MR) is 207 cm³/mol. The lowest BCUT2D eigenvalue weighted by atomic mass is 9.94. The summed E-state index contributed by atoms with van der Waals surface area (Å²) in [6.45, 7) is 0. The minimum Gasteiger partial charge on any atom is -0.456 e. The molecule has 7 aromatic carbocycles. The van der Waals surface area contributed by atoms with Gasteiger partial charge in [-0.15, -0.1) is 11.3 Å². The van der Waals surface area contributed by atoms with Gasteiger partial charge in [0.05, 0.1) is 0 Å². The van der Waals surface area contributed by atoms with E-state index >= 15 is 0 Å². The fourth-order valence-electron chi connectivity index (χ4n) is 6.96. The van der Waals surface area contributed by atoms with Crippen LogP contribution in [-0.4, -0.2) is 15.0 Å². The molecule has 3 heterocycles. The topological polar surface area (TPSA) is 51.8 Å². The van der Waals surface area contributed by atoms with Crippen LogP contribution < -0.4 is 0 Å². The van der Waals surface area contributed by atoms with E-state index in [4.69, 9.17) is 19.4 Å². The second-order valence-electron chi connectivity index (χ2n) is 12.4. The van der Waals surface area contributed by atoms with E-state index in [9.17, 15) is 0 Å². The number of benzene rings is 7. The SMILES string of the molecule is c1ccc(-c2nc(-c3ccccc3)nc(-c3ccc4c(c3)sc3c(-c5cc(-c6ccccc6)c6c(c5)oc5ccccc56)cccc34)n2)cc1. The van der Waals surface area contributed by atoms with Gasteiger partial charge in [0.2, 0.25) is 0 Å². The van der Waals surface area contributed by atoms with Crippen LogP contribution in [0.3, 0.4) is 0 Å². The number of hydrogen-bond donors (Lipinski definition) is 0. The number of rotatable bonds is 5. The number of fused-ring (bicyclic) bond motifs is 6. The first-order chi connectivity index (χ1) is 24.8. The standard InChI is InChI=1S/C45H27N3OS/c1-4-13-28(14-5-1)37-25-32(26-39-41(37)36-19-10-11-22-38(36)49-39)33-20-12-21-35-34-24-23-31(27-40(34)50-42(33)35)45-47-43(29-15-6-2-7-16-29)46-44(48-45)30-17-8-3-9-18-30/h1-27H. The van der Waals surface area contributed by atoms with E-state index in [0.717, 1.165) is 44.2 Å². The van der Waals surface area contributed by atoms with Crippen molar-refractivity contribution in [2.75, 3.05) is 0 Å². The van der Waals surface area contributed by atoms with Crippen LogP contribution in [0.5, 0.6) is 0 Å².